The summed E-state index contributed by atoms with van der Waals surface area (Å²) in [5, 5.41) is 1.89. The second kappa shape index (κ2) is 9.14. The van der Waals surface area contributed by atoms with Crippen LogP contribution in [-0.4, -0.2) is 36.8 Å². The first kappa shape index (κ1) is 20.8. The van der Waals surface area contributed by atoms with Crippen LogP contribution in [0.5, 0.6) is 11.5 Å². The first-order chi connectivity index (χ1) is 14.6. The van der Waals surface area contributed by atoms with E-state index in [1.165, 1.54) is 5.56 Å². The number of methoxy groups -OCH3 is 2. The van der Waals surface area contributed by atoms with Crippen molar-refractivity contribution in [2.45, 2.75) is 29.5 Å². The predicted octanol–water partition coefficient (Wildman–Crippen LogP) is 5.42. The van der Waals surface area contributed by atoms with Gasteiger partial charge in [-0.15, -0.1) is 23.1 Å². The second-order valence-corrected chi connectivity index (χ2v) is 9.57. The van der Waals surface area contributed by atoms with Crippen molar-refractivity contribution in [2.75, 3.05) is 20.8 Å². The molecule has 2 heterocycles. The molecular formula is C24H25NO3S2. The van der Waals surface area contributed by atoms with Crippen molar-refractivity contribution < 1.29 is 14.3 Å². The summed E-state index contributed by atoms with van der Waals surface area (Å²) in [5.74, 6) is 1.58. The first-order valence-corrected chi connectivity index (χ1v) is 11.7. The summed E-state index contributed by atoms with van der Waals surface area (Å²) in [5.41, 5.74) is 2.32. The number of ether oxygens (including phenoxy) is 2. The molecule has 0 saturated heterocycles. The van der Waals surface area contributed by atoms with E-state index in [1.807, 2.05) is 54.3 Å². The monoisotopic (exact) mass is 439 g/mol. The number of hydrogen-bond donors (Lipinski definition) is 0. The average molecular weight is 440 g/mol. The molecule has 6 heteroatoms. The van der Waals surface area contributed by atoms with Gasteiger partial charge in [0.05, 0.1) is 25.5 Å². The topological polar surface area (TPSA) is 38.8 Å². The van der Waals surface area contributed by atoms with E-state index < -0.39 is 0 Å². The van der Waals surface area contributed by atoms with Gasteiger partial charge in [-0.1, -0.05) is 24.3 Å². The lowest BCUT2D eigenvalue weighted by Crippen LogP contribution is -2.43. The molecule has 4 nitrogen and oxygen atoms in total. The molecule has 30 heavy (non-hydrogen) atoms. The fraction of sp³-hybridized carbons (Fsp3) is 0.292. The number of nitrogens with zero attached hydrogens (tertiary/aromatic N) is 1. The maximum Gasteiger partial charge on any atom is 0.236 e. The van der Waals surface area contributed by atoms with Crippen LogP contribution in [0, 0.1) is 0 Å². The zero-order valence-electron chi connectivity index (χ0n) is 17.3. The highest BCUT2D eigenvalue weighted by molar-refractivity contribution is 8.00. The van der Waals surface area contributed by atoms with Crippen LogP contribution in [-0.2, 0) is 11.2 Å². The molecule has 0 aliphatic carbocycles. The zero-order valence-corrected chi connectivity index (χ0v) is 19.0. The minimum Gasteiger partial charge on any atom is -0.493 e. The molecular weight excluding hydrogens is 414 g/mol. The third-order valence-electron chi connectivity index (χ3n) is 5.37. The Kier molecular flexibility index (Phi) is 6.35. The Morgan fingerprint density at radius 3 is 2.50 bits per heavy atom. The van der Waals surface area contributed by atoms with E-state index in [1.54, 1.807) is 37.3 Å². The van der Waals surface area contributed by atoms with Crippen LogP contribution >= 0.6 is 23.1 Å². The number of carbonyl (C=O) groups is 1. The normalized spacial score (nSPS) is 16.6. The summed E-state index contributed by atoms with van der Waals surface area (Å²) in [6.45, 7) is 2.68. The largest absolute Gasteiger partial charge is 0.493 e. The Bertz CT molecular complexity index is 1000. The molecule has 0 N–H and O–H groups in total. The summed E-state index contributed by atoms with van der Waals surface area (Å²) < 4.78 is 11.1. The number of hydrogen-bond acceptors (Lipinski definition) is 5. The molecule has 156 valence electrons. The Balaban J connectivity index is 1.69. The lowest BCUT2D eigenvalue weighted by Gasteiger charge is -2.38. The fourth-order valence-electron chi connectivity index (χ4n) is 3.92. The van der Waals surface area contributed by atoms with Crippen molar-refractivity contribution in [3.8, 4) is 11.5 Å². The zero-order chi connectivity index (χ0) is 21.1. The highest BCUT2D eigenvalue weighted by Crippen LogP contribution is 2.43. The molecule has 1 aromatic heterocycles. The molecule has 0 bridgehead atoms. The van der Waals surface area contributed by atoms with E-state index in [-0.39, 0.29) is 17.2 Å². The fourth-order valence-corrected chi connectivity index (χ4v) is 5.74. The van der Waals surface area contributed by atoms with Gasteiger partial charge in [-0.05, 0) is 60.2 Å². The van der Waals surface area contributed by atoms with E-state index in [9.17, 15) is 4.79 Å². The van der Waals surface area contributed by atoms with Crippen molar-refractivity contribution in [3.63, 3.8) is 0 Å². The van der Waals surface area contributed by atoms with Crippen LogP contribution in [0.15, 0.2) is 64.9 Å². The Labute approximate surface area is 185 Å². The molecule has 1 amide bonds. The molecule has 3 aromatic rings. The third-order valence-corrected chi connectivity index (χ3v) is 7.40. The number of amides is 1. The second-order valence-electron chi connectivity index (χ2n) is 7.18. The Morgan fingerprint density at radius 1 is 1.10 bits per heavy atom. The quantitative estimate of drug-likeness (QED) is 0.481. The smallest absolute Gasteiger partial charge is 0.236 e. The number of fused-ring (bicyclic) bond motifs is 1. The van der Waals surface area contributed by atoms with Gasteiger partial charge in [-0.2, -0.15) is 0 Å². The minimum absolute atomic E-state index is 0.111. The summed E-state index contributed by atoms with van der Waals surface area (Å²) in [6, 6.07) is 18.2. The molecule has 0 saturated carbocycles. The summed E-state index contributed by atoms with van der Waals surface area (Å²) in [6.07, 6.45) is 0.798. The van der Waals surface area contributed by atoms with E-state index in [2.05, 4.69) is 17.5 Å². The summed E-state index contributed by atoms with van der Waals surface area (Å²) >= 11 is 3.29. The molecule has 0 radical (unpaired) electrons. The van der Waals surface area contributed by atoms with Crippen molar-refractivity contribution in [3.05, 3.63) is 76.0 Å². The molecule has 2 atom stereocenters. The standard InChI is InChI=1S/C24H25NO3S2/c1-16(30-18-8-5-4-6-9-18)24(26)25-12-11-17-14-20(27-2)21(28-3)15-19(17)23(25)22-10-7-13-29-22/h4-10,13-16,23H,11-12H2,1-3H3. The van der Waals surface area contributed by atoms with Crippen molar-refractivity contribution in [1.29, 1.82) is 0 Å². The lowest BCUT2D eigenvalue weighted by atomic mass is 9.90. The third kappa shape index (κ3) is 4.07. The number of thiophene rings is 1. The maximum absolute atomic E-state index is 13.5. The van der Waals surface area contributed by atoms with Gasteiger partial charge in [0, 0.05) is 16.3 Å². The van der Waals surface area contributed by atoms with Crippen LogP contribution in [0.3, 0.4) is 0 Å². The lowest BCUT2D eigenvalue weighted by molar-refractivity contribution is -0.132. The van der Waals surface area contributed by atoms with Crippen LogP contribution in [0.1, 0.15) is 29.0 Å². The van der Waals surface area contributed by atoms with E-state index in [0.29, 0.717) is 12.3 Å². The molecule has 0 spiro atoms. The van der Waals surface area contributed by atoms with Gasteiger partial charge < -0.3 is 14.4 Å². The van der Waals surface area contributed by atoms with Gasteiger partial charge in [0.1, 0.15) is 0 Å². The highest BCUT2D eigenvalue weighted by Gasteiger charge is 2.35. The molecule has 2 aromatic carbocycles. The summed E-state index contributed by atoms with van der Waals surface area (Å²) in [4.78, 5) is 17.8. The number of rotatable bonds is 6. The molecule has 1 aliphatic rings. The Hall–Kier alpha value is -2.44. The van der Waals surface area contributed by atoms with Crippen LogP contribution in [0.25, 0.3) is 0 Å². The number of carbonyl (C=O) groups excluding carboxylic acids is 1. The van der Waals surface area contributed by atoms with E-state index in [0.717, 1.165) is 27.5 Å². The van der Waals surface area contributed by atoms with Crippen molar-refractivity contribution in [1.82, 2.24) is 4.90 Å². The first-order valence-electron chi connectivity index (χ1n) is 9.92. The highest BCUT2D eigenvalue weighted by atomic mass is 32.2. The molecule has 2 unspecified atom stereocenters. The van der Waals surface area contributed by atoms with Gasteiger partial charge in [0.2, 0.25) is 5.91 Å². The van der Waals surface area contributed by atoms with Gasteiger partial charge >= 0.3 is 0 Å². The Morgan fingerprint density at radius 2 is 1.83 bits per heavy atom. The number of benzene rings is 2. The van der Waals surface area contributed by atoms with Crippen molar-refractivity contribution >= 4 is 29.0 Å². The number of thioether (sulfide) groups is 1. The van der Waals surface area contributed by atoms with Crippen LogP contribution in [0.2, 0.25) is 0 Å². The minimum atomic E-state index is -0.170. The van der Waals surface area contributed by atoms with E-state index >= 15 is 0 Å². The summed E-state index contributed by atoms with van der Waals surface area (Å²) in [7, 11) is 3.30. The van der Waals surface area contributed by atoms with Crippen LogP contribution < -0.4 is 9.47 Å². The van der Waals surface area contributed by atoms with Gasteiger partial charge in [0.25, 0.3) is 0 Å². The van der Waals surface area contributed by atoms with Gasteiger partial charge in [-0.3, -0.25) is 4.79 Å². The predicted molar refractivity (Wildman–Crippen MR) is 123 cm³/mol. The maximum atomic E-state index is 13.5. The van der Waals surface area contributed by atoms with Gasteiger partial charge in [0.15, 0.2) is 11.5 Å². The van der Waals surface area contributed by atoms with Crippen molar-refractivity contribution in [2.24, 2.45) is 0 Å². The molecule has 4 rings (SSSR count). The van der Waals surface area contributed by atoms with E-state index in [4.69, 9.17) is 9.47 Å². The van der Waals surface area contributed by atoms with Crippen LogP contribution in [0.4, 0.5) is 0 Å². The molecule has 1 aliphatic heterocycles. The molecule has 0 fully saturated rings. The van der Waals surface area contributed by atoms with Gasteiger partial charge in [-0.25, -0.2) is 0 Å². The average Bonchev–Trinajstić information content (AvgIpc) is 3.31. The SMILES string of the molecule is COc1cc2c(cc1OC)C(c1cccs1)N(C(=O)C(C)Sc1ccccc1)CC2.